The van der Waals surface area contributed by atoms with Crippen molar-refractivity contribution in [3.8, 4) is 0 Å². The van der Waals surface area contributed by atoms with Crippen molar-refractivity contribution in [2.45, 2.75) is 32.2 Å². The van der Waals surface area contributed by atoms with Gasteiger partial charge in [-0.2, -0.15) is 5.90 Å². The van der Waals surface area contributed by atoms with E-state index in [-0.39, 0.29) is 5.91 Å². The molecule has 13 heavy (non-hydrogen) atoms. The molecule has 1 amide bonds. The molecule has 1 atom stereocenters. The number of hydrogen-bond acceptors (Lipinski definition) is 4. The summed E-state index contributed by atoms with van der Waals surface area (Å²) >= 11 is 0. The van der Waals surface area contributed by atoms with Gasteiger partial charge in [0.2, 0.25) is 5.91 Å². The van der Waals surface area contributed by atoms with Gasteiger partial charge in [-0.3, -0.25) is 4.79 Å². The molecule has 1 rings (SSSR count). The summed E-state index contributed by atoms with van der Waals surface area (Å²) in [5.74, 6) is 4.26. The highest BCUT2D eigenvalue weighted by Gasteiger charge is 2.32. The molecule has 0 bridgehead atoms. The summed E-state index contributed by atoms with van der Waals surface area (Å²) in [4.78, 5) is 28.1. The Kier molecular flexibility index (Phi) is 3.25. The fourth-order valence-electron chi connectivity index (χ4n) is 1.59. The molecule has 1 fully saturated rings. The maximum atomic E-state index is 11.3. The highest BCUT2D eigenvalue weighted by molar-refractivity contribution is 5.85. The van der Waals surface area contributed by atoms with E-state index < -0.39 is 12.0 Å². The lowest BCUT2D eigenvalue weighted by Crippen LogP contribution is -2.43. The quantitative estimate of drug-likeness (QED) is 0.620. The molecule has 0 aromatic heterocycles. The third-order valence-electron chi connectivity index (χ3n) is 2.26. The van der Waals surface area contributed by atoms with E-state index in [9.17, 15) is 9.59 Å². The second-order valence-electron chi connectivity index (χ2n) is 3.05. The van der Waals surface area contributed by atoms with E-state index in [1.54, 1.807) is 0 Å². The van der Waals surface area contributed by atoms with Crippen molar-refractivity contribution in [3.05, 3.63) is 0 Å². The van der Waals surface area contributed by atoms with E-state index in [4.69, 9.17) is 5.90 Å². The maximum Gasteiger partial charge on any atom is 0.347 e. The summed E-state index contributed by atoms with van der Waals surface area (Å²) in [6.07, 6.45) is 1.88. The SMILES string of the molecule is CC[C@H](C(=O)ON)N1CCCC1=O. The summed E-state index contributed by atoms with van der Waals surface area (Å²) in [7, 11) is 0. The first-order chi connectivity index (χ1) is 6.20. The van der Waals surface area contributed by atoms with Crippen molar-refractivity contribution in [2.24, 2.45) is 5.90 Å². The van der Waals surface area contributed by atoms with Crippen LogP contribution in [0.2, 0.25) is 0 Å². The maximum absolute atomic E-state index is 11.3. The Hall–Kier alpha value is -1.10. The number of nitrogens with two attached hydrogens (primary N) is 1. The number of hydrogen-bond donors (Lipinski definition) is 1. The predicted octanol–water partition coefficient (Wildman–Crippen LogP) is -0.196. The van der Waals surface area contributed by atoms with Gasteiger partial charge in [0.25, 0.3) is 0 Å². The molecule has 1 aliphatic heterocycles. The molecule has 0 aliphatic carbocycles. The number of rotatable bonds is 3. The molecule has 5 nitrogen and oxygen atoms in total. The molecule has 2 N–H and O–H groups in total. The zero-order valence-electron chi connectivity index (χ0n) is 7.66. The second-order valence-corrected chi connectivity index (χ2v) is 3.05. The Morgan fingerprint density at radius 2 is 2.46 bits per heavy atom. The van der Waals surface area contributed by atoms with Crippen LogP contribution in [0, 0.1) is 0 Å². The number of nitrogens with zero attached hydrogens (tertiary/aromatic N) is 1. The average molecular weight is 186 g/mol. The topological polar surface area (TPSA) is 72.6 Å². The molecular weight excluding hydrogens is 172 g/mol. The molecule has 5 heteroatoms. The van der Waals surface area contributed by atoms with Crippen LogP contribution in [0.1, 0.15) is 26.2 Å². The van der Waals surface area contributed by atoms with Gasteiger partial charge >= 0.3 is 5.97 Å². The minimum absolute atomic E-state index is 0.0113. The Bertz CT molecular complexity index is 217. The van der Waals surface area contributed by atoms with Crippen LogP contribution in [0.25, 0.3) is 0 Å². The number of likely N-dealkylation sites (tertiary alicyclic amines) is 1. The molecule has 0 aromatic carbocycles. The minimum Gasteiger partial charge on any atom is -0.372 e. The lowest BCUT2D eigenvalue weighted by Gasteiger charge is -2.23. The zero-order chi connectivity index (χ0) is 9.84. The predicted molar refractivity (Wildman–Crippen MR) is 45.3 cm³/mol. The third kappa shape index (κ3) is 1.98. The summed E-state index contributed by atoms with van der Waals surface area (Å²) in [6, 6.07) is -0.500. The minimum atomic E-state index is -0.530. The van der Waals surface area contributed by atoms with Crippen LogP contribution in [-0.2, 0) is 14.4 Å². The fraction of sp³-hybridized carbons (Fsp3) is 0.750. The van der Waals surface area contributed by atoms with Gasteiger partial charge in [-0.15, -0.1) is 0 Å². The van der Waals surface area contributed by atoms with Gasteiger partial charge in [-0.05, 0) is 12.8 Å². The van der Waals surface area contributed by atoms with E-state index in [0.29, 0.717) is 19.4 Å². The highest BCUT2D eigenvalue weighted by atomic mass is 16.7. The Balaban J connectivity index is 2.65. The van der Waals surface area contributed by atoms with E-state index in [0.717, 1.165) is 6.42 Å². The summed E-state index contributed by atoms with van der Waals surface area (Å²) < 4.78 is 0. The summed E-state index contributed by atoms with van der Waals surface area (Å²) in [5.41, 5.74) is 0. The number of carbonyl (C=O) groups excluding carboxylic acids is 2. The van der Waals surface area contributed by atoms with Crippen LogP contribution in [-0.4, -0.2) is 29.4 Å². The molecule has 1 heterocycles. The molecular formula is C8H14N2O3. The van der Waals surface area contributed by atoms with Crippen LogP contribution in [0.15, 0.2) is 0 Å². The standard InChI is InChI=1S/C8H14N2O3/c1-2-6(8(12)13-9)10-5-3-4-7(10)11/h6H,2-5,9H2,1H3/t6-/m1/s1. The van der Waals surface area contributed by atoms with Crippen LogP contribution >= 0.6 is 0 Å². The Labute approximate surface area is 76.8 Å². The Morgan fingerprint density at radius 1 is 1.77 bits per heavy atom. The van der Waals surface area contributed by atoms with Crippen molar-refractivity contribution >= 4 is 11.9 Å². The van der Waals surface area contributed by atoms with Gasteiger partial charge < -0.3 is 9.74 Å². The van der Waals surface area contributed by atoms with Crippen molar-refractivity contribution in [3.63, 3.8) is 0 Å². The van der Waals surface area contributed by atoms with Crippen molar-refractivity contribution in [2.75, 3.05) is 6.54 Å². The van der Waals surface area contributed by atoms with Gasteiger partial charge in [-0.1, -0.05) is 6.92 Å². The summed E-state index contributed by atoms with van der Waals surface area (Å²) in [5, 5.41) is 0. The smallest absolute Gasteiger partial charge is 0.347 e. The van der Waals surface area contributed by atoms with Gasteiger partial charge in [-0.25, -0.2) is 4.79 Å². The molecule has 0 aromatic rings. The van der Waals surface area contributed by atoms with Gasteiger partial charge in [0.1, 0.15) is 6.04 Å². The van der Waals surface area contributed by atoms with Crippen LogP contribution in [0.5, 0.6) is 0 Å². The normalized spacial score (nSPS) is 18.9. The molecule has 0 radical (unpaired) electrons. The fourth-order valence-corrected chi connectivity index (χ4v) is 1.59. The monoisotopic (exact) mass is 186 g/mol. The number of carbonyl (C=O) groups is 2. The third-order valence-corrected chi connectivity index (χ3v) is 2.26. The van der Waals surface area contributed by atoms with Crippen molar-refractivity contribution < 1.29 is 14.4 Å². The van der Waals surface area contributed by atoms with Crippen LogP contribution in [0.4, 0.5) is 0 Å². The van der Waals surface area contributed by atoms with Crippen LogP contribution in [0.3, 0.4) is 0 Å². The van der Waals surface area contributed by atoms with E-state index in [1.807, 2.05) is 6.92 Å². The molecule has 1 saturated heterocycles. The molecule has 1 aliphatic rings. The lowest BCUT2D eigenvalue weighted by atomic mass is 10.2. The van der Waals surface area contributed by atoms with Crippen LogP contribution < -0.4 is 5.90 Å². The van der Waals surface area contributed by atoms with Gasteiger partial charge in [0.05, 0.1) is 0 Å². The molecule has 0 spiro atoms. The first-order valence-corrected chi connectivity index (χ1v) is 4.40. The largest absolute Gasteiger partial charge is 0.372 e. The molecule has 74 valence electrons. The summed E-state index contributed by atoms with van der Waals surface area (Å²) in [6.45, 7) is 2.46. The lowest BCUT2D eigenvalue weighted by molar-refractivity contribution is -0.154. The number of amides is 1. The van der Waals surface area contributed by atoms with E-state index in [1.165, 1.54) is 4.90 Å². The Morgan fingerprint density at radius 3 is 2.85 bits per heavy atom. The first kappa shape index (κ1) is 9.98. The zero-order valence-corrected chi connectivity index (χ0v) is 7.66. The first-order valence-electron chi connectivity index (χ1n) is 4.40. The van der Waals surface area contributed by atoms with Crippen molar-refractivity contribution in [1.82, 2.24) is 4.90 Å². The second kappa shape index (κ2) is 4.23. The van der Waals surface area contributed by atoms with E-state index in [2.05, 4.69) is 4.84 Å². The molecule has 0 unspecified atom stereocenters. The highest BCUT2D eigenvalue weighted by Crippen LogP contribution is 2.16. The van der Waals surface area contributed by atoms with Crippen molar-refractivity contribution in [1.29, 1.82) is 0 Å². The molecule has 0 saturated carbocycles. The van der Waals surface area contributed by atoms with E-state index >= 15 is 0 Å². The van der Waals surface area contributed by atoms with Gasteiger partial charge in [0.15, 0.2) is 0 Å². The average Bonchev–Trinajstić information content (AvgIpc) is 2.53. The van der Waals surface area contributed by atoms with Gasteiger partial charge in [0, 0.05) is 13.0 Å².